The standard InChI is InChI=1S/C21H21ClN2O2.C6H4/c1-3-6-18-20(13(2)25)16-10-9-14(21(23)26)11-19(16)24(18)12-15-7-4-5-8-17(15)22;1-2-5-4-6(5)3-1/h4-5,7-11H,3,6,12H2,1-2H3,(H2,23,26);1-4H. The molecule has 5 rings (SSSR count). The molecule has 3 aromatic rings. The van der Waals surface area contributed by atoms with E-state index in [0.717, 1.165) is 35.0 Å². The molecule has 4 nitrogen and oxygen atoms in total. The second-order valence-corrected chi connectivity index (χ2v) is 8.39. The second kappa shape index (κ2) is 9.01. The summed E-state index contributed by atoms with van der Waals surface area (Å²) >= 11 is 6.35. The molecular weight excluding hydrogens is 420 g/mol. The zero-order valence-electron chi connectivity index (χ0n) is 18.2. The van der Waals surface area contributed by atoms with Gasteiger partial charge >= 0.3 is 0 Å². The Bertz CT molecular complexity index is 1320. The summed E-state index contributed by atoms with van der Waals surface area (Å²) in [5.74, 6) is -0.470. The Morgan fingerprint density at radius 2 is 1.69 bits per heavy atom. The van der Waals surface area contributed by atoms with Crippen LogP contribution in [0.5, 0.6) is 0 Å². The molecule has 0 aliphatic heterocycles. The van der Waals surface area contributed by atoms with Gasteiger partial charge in [0.1, 0.15) is 0 Å². The molecule has 2 N–H and O–H groups in total. The van der Waals surface area contributed by atoms with Crippen LogP contribution in [0.2, 0.25) is 5.02 Å². The van der Waals surface area contributed by atoms with Crippen LogP contribution in [0.3, 0.4) is 0 Å². The van der Waals surface area contributed by atoms with E-state index in [1.54, 1.807) is 19.1 Å². The van der Waals surface area contributed by atoms with Crippen LogP contribution in [-0.4, -0.2) is 16.3 Å². The SMILES string of the molecule is CCCc1c(C(C)=O)c2ccc(C(N)=O)cc2n1Cc1ccccc1Cl.c1cc2cc-2c1. The minimum atomic E-state index is -0.487. The number of aromatic nitrogens is 1. The lowest BCUT2D eigenvalue weighted by Crippen LogP contribution is -2.11. The van der Waals surface area contributed by atoms with Crippen LogP contribution in [0.15, 0.2) is 66.7 Å². The van der Waals surface area contributed by atoms with E-state index < -0.39 is 5.91 Å². The highest BCUT2D eigenvalue weighted by Gasteiger charge is 2.21. The van der Waals surface area contributed by atoms with Crippen LogP contribution in [0.4, 0.5) is 0 Å². The largest absolute Gasteiger partial charge is 0.366 e. The Morgan fingerprint density at radius 1 is 0.969 bits per heavy atom. The van der Waals surface area contributed by atoms with Crippen molar-refractivity contribution in [2.24, 2.45) is 5.73 Å². The molecule has 0 saturated heterocycles. The van der Waals surface area contributed by atoms with Crippen LogP contribution in [0.25, 0.3) is 22.0 Å². The van der Waals surface area contributed by atoms with Gasteiger partial charge in [-0.3, -0.25) is 9.59 Å². The van der Waals surface area contributed by atoms with Gasteiger partial charge in [-0.15, -0.1) is 0 Å². The monoisotopic (exact) mass is 444 g/mol. The van der Waals surface area contributed by atoms with Crippen LogP contribution in [0, 0.1) is 0 Å². The number of ketones is 1. The van der Waals surface area contributed by atoms with E-state index >= 15 is 0 Å². The van der Waals surface area contributed by atoms with Crippen molar-refractivity contribution in [3.05, 3.63) is 94.1 Å². The number of benzene rings is 3. The van der Waals surface area contributed by atoms with Gasteiger partial charge in [0.05, 0.1) is 5.52 Å². The molecule has 2 aromatic carbocycles. The molecule has 0 atom stereocenters. The molecule has 2 aliphatic rings. The first-order valence-electron chi connectivity index (χ1n) is 10.7. The number of fused-ring (bicyclic) bond motifs is 2. The number of carbonyl (C=O) groups excluding carboxylic acids is 2. The number of rotatable bonds is 6. The lowest BCUT2D eigenvalue weighted by molar-refractivity contribution is 0.0996. The van der Waals surface area contributed by atoms with Gasteiger partial charge in [-0.2, -0.15) is 0 Å². The zero-order valence-corrected chi connectivity index (χ0v) is 18.9. The van der Waals surface area contributed by atoms with Crippen LogP contribution in [0.1, 0.15) is 52.2 Å². The van der Waals surface area contributed by atoms with Crippen molar-refractivity contribution < 1.29 is 9.59 Å². The minimum absolute atomic E-state index is 0.0168. The lowest BCUT2D eigenvalue weighted by Gasteiger charge is -2.13. The summed E-state index contributed by atoms with van der Waals surface area (Å²) in [6.07, 6.45) is 1.67. The molecule has 0 radical (unpaired) electrons. The Morgan fingerprint density at radius 3 is 2.22 bits per heavy atom. The highest BCUT2D eigenvalue weighted by atomic mass is 35.5. The lowest BCUT2D eigenvalue weighted by atomic mass is 10.0. The third kappa shape index (κ3) is 4.32. The maximum absolute atomic E-state index is 12.4. The van der Waals surface area contributed by atoms with E-state index in [9.17, 15) is 9.59 Å². The second-order valence-electron chi connectivity index (χ2n) is 7.98. The summed E-state index contributed by atoms with van der Waals surface area (Å²) in [5, 5.41) is 1.52. The summed E-state index contributed by atoms with van der Waals surface area (Å²) in [6, 6.07) is 21.4. The predicted octanol–water partition coefficient (Wildman–Crippen LogP) is 6.26. The van der Waals surface area contributed by atoms with Crippen molar-refractivity contribution in [1.82, 2.24) is 4.57 Å². The summed E-state index contributed by atoms with van der Waals surface area (Å²) in [6.45, 7) is 4.19. The smallest absolute Gasteiger partial charge is 0.248 e. The highest BCUT2D eigenvalue weighted by molar-refractivity contribution is 6.31. The molecular formula is C27H25ClN2O2. The number of halogens is 1. The maximum atomic E-state index is 12.4. The molecule has 0 saturated carbocycles. The fourth-order valence-corrected chi connectivity index (χ4v) is 4.29. The van der Waals surface area contributed by atoms with Crippen molar-refractivity contribution in [1.29, 1.82) is 0 Å². The molecule has 162 valence electrons. The Hall–Kier alpha value is -3.37. The van der Waals surface area contributed by atoms with Gasteiger partial charge in [0.2, 0.25) is 5.91 Å². The first-order chi connectivity index (χ1) is 15.4. The summed E-state index contributed by atoms with van der Waals surface area (Å²) in [5.41, 5.74) is 12.2. The topological polar surface area (TPSA) is 65.1 Å². The molecule has 0 unspecified atom stereocenters. The van der Waals surface area contributed by atoms with Gasteiger partial charge in [-0.25, -0.2) is 0 Å². The van der Waals surface area contributed by atoms with E-state index in [-0.39, 0.29) is 5.78 Å². The Labute approximate surface area is 192 Å². The minimum Gasteiger partial charge on any atom is -0.366 e. The summed E-state index contributed by atoms with van der Waals surface area (Å²) < 4.78 is 2.09. The van der Waals surface area contributed by atoms with E-state index in [1.807, 2.05) is 30.3 Å². The molecule has 0 bridgehead atoms. The summed E-state index contributed by atoms with van der Waals surface area (Å²) in [4.78, 5) is 24.0. The normalized spacial score (nSPS) is 11.1. The average molecular weight is 445 g/mol. The fraction of sp³-hybridized carbons (Fsp3) is 0.185. The quantitative estimate of drug-likeness (QED) is 0.314. The number of Topliss-reactive ketones (excluding diaryl/α,β-unsaturated/α-hetero) is 1. The van der Waals surface area contributed by atoms with Crippen molar-refractivity contribution in [3.8, 4) is 11.1 Å². The summed E-state index contributed by atoms with van der Waals surface area (Å²) in [7, 11) is 0. The number of hydrogen-bond acceptors (Lipinski definition) is 2. The van der Waals surface area contributed by atoms with E-state index in [1.165, 1.54) is 11.1 Å². The van der Waals surface area contributed by atoms with Gasteiger partial charge < -0.3 is 10.3 Å². The number of amides is 1. The first kappa shape index (κ1) is 21.8. The van der Waals surface area contributed by atoms with Crippen LogP contribution >= 0.6 is 11.6 Å². The van der Waals surface area contributed by atoms with Gasteiger partial charge in [0, 0.05) is 33.8 Å². The van der Waals surface area contributed by atoms with Gasteiger partial charge in [-0.1, -0.05) is 67.4 Å². The average Bonchev–Trinajstić information content (AvgIpc) is 3.24. The van der Waals surface area contributed by atoms with E-state index in [2.05, 4.69) is 35.8 Å². The molecule has 1 amide bonds. The Kier molecular flexibility index (Phi) is 6.15. The number of nitrogens with two attached hydrogens (primary N) is 1. The van der Waals surface area contributed by atoms with Crippen molar-refractivity contribution in [2.45, 2.75) is 33.2 Å². The van der Waals surface area contributed by atoms with Crippen molar-refractivity contribution in [3.63, 3.8) is 0 Å². The van der Waals surface area contributed by atoms with Gasteiger partial charge in [0.15, 0.2) is 5.78 Å². The van der Waals surface area contributed by atoms with Gasteiger partial charge in [-0.05, 0) is 54.3 Å². The third-order valence-electron chi connectivity index (χ3n) is 5.69. The third-order valence-corrected chi connectivity index (χ3v) is 6.06. The van der Waals surface area contributed by atoms with Crippen LogP contribution in [-0.2, 0) is 13.0 Å². The van der Waals surface area contributed by atoms with E-state index in [0.29, 0.717) is 22.7 Å². The predicted molar refractivity (Wildman–Crippen MR) is 130 cm³/mol. The van der Waals surface area contributed by atoms with Gasteiger partial charge in [0.25, 0.3) is 0 Å². The Balaban J connectivity index is 0.000000346. The van der Waals surface area contributed by atoms with Crippen LogP contribution < -0.4 is 5.73 Å². The fourth-order valence-electron chi connectivity index (χ4n) is 4.10. The van der Waals surface area contributed by atoms with Crippen molar-refractivity contribution >= 4 is 34.2 Å². The highest BCUT2D eigenvalue weighted by Crippen LogP contribution is 2.33. The number of nitrogens with zero attached hydrogens (tertiary/aromatic N) is 1. The molecule has 0 spiro atoms. The molecule has 0 fully saturated rings. The molecule has 5 heteroatoms. The molecule has 1 heterocycles. The van der Waals surface area contributed by atoms with Crippen molar-refractivity contribution in [2.75, 3.05) is 0 Å². The molecule has 1 aromatic heterocycles. The molecule has 32 heavy (non-hydrogen) atoms. The number of primary amides is 1. The maximum Gasteiger partial charge on any atom is 0.248 e. The number of hydrogen-bond donors (Lipinski definition) is 1. The number of carbonyl (C=O) groups is 2. The van der Waals surface area contributed by atoms with E-state index in [4.69, 9.17) is 17.3 Å². The first-order valence-corrected chi connectivity index (χ1v) is 11.1. The molecule has 2 aliphatic carbocycles. The zero-order chi connectivity index (χ0) is 22.8.